The summed E-state index contributed by atoms with van der Waals surface area (Å²) >= 11 is 5.90. The maximum absolute atomic E-state index is 13.0. The molecule has 2 amide bonds. The van der Waals surface area contributed by atoms with E-state index in [0.717, 1.165) is 0 Å². The van der Waals surface area contributed by atoms with Crippen LogP contribution in [0.2, 0.25) is 5.02 Å². The standard InChI is InChI=1S/C18H17ClN2O3/c1-11(22)20-18(16(23)12-7-9-13(19)10-8-12)14-5-3-4-6-15(14)21(2)17(18)24/h3-10,16,23H,1-2H3,(H,20,22)/t16-,18-/m0/s1. The number of carbonyl (C=O) groups is 2. The number of aliphatic hydroxyl groups excluding tert-OH is 1. The third-order valence-corrected chi connectivity index (χ3v) is 4.55. The number of nitrogens with one attached hydrogen (secondary N) is 1. The molecule has 1 heterocycles. The lowest BCUT2D eigenvalue weighted by Crippen LogP contribution is -2.55. The summed E-state index contributed by atoms with van der Waals surface area (Å²) in [7, 11) is 1.62. The zero-order valence-corrected chi connectivity index (χ0v) is 14.0. The molecule has 2 N–H and O–H groups in total. The number of hydrogen-bond acceptors (Lipinski definition) is 3. The van der Waals surface area contributed by atoms with E-state index in [1.165, 1.54) is 11.8 Å². The van der Waals surface area contributed by atoms with Crippen molar-refractivity contribution in [2.75, 3.05) is 11.9 Å². The van der Waals surface area contributed by atoms with Gasteiger partial charge in [0, 0.05) is 30.2 Å². The molecule has 6 heteroatoms. The molecule has 0 fully saturated rings. The summed E-state index contributed by atoms with van der Waals surface area (Å²) in [6.45, 7) is 1.32. The Bertz CT molecular complexity index is 806. The number of nitrogens with zero attached hydrogens (tertiary/aromatic N) is 1. The molecule has 0 spiro atoms. The molecule has 1 aliphatic heterocycles. The molecule has 1 aliphatic rings. The van der Waals surface area contributed by atoms with E-state index in [2.05, 4.69) is 5.32 Å². The summed E-state index contributed by atoms with van der Waals surface area (Å²) in [4.78, 5) is 26.3. The highest BCUT2D eigenvalue weighted by atomic mass is 35.5. The lowest BCUT2D eigenvalue weighted by molar-refractivity contribution is -0.135. The topological polar surface area (TPSA) is 69.6 Å². The predicted octanol–water partition coefficient (Wildman–Crippen LogP) is 2.38. The second-order valence-corrected chi connectivity index (χ2v) is 6.26. The van der Waals surface area contributed by atoms with Gasteiger partial charge in [0.05, 0.1) is 0 Å². The smallest absolute Gasteiger partial charge is 0.260 e. The molecule has 0 aromatic heterocycles. The Balaban J connectivity index is 2.20. The van der Waals surface area contributed by atoms with Gasteiger partial charge in [0.15, 0.2) is 5.54 Å². The number of fused-ring (bicyclic) bond motifs is 1. The van der Waals surface area contributed by atoms with Crippen molar-refractivity contribution in [2.24, 2.45) is 0 Å². The van der Waals surface area contributed by atoms with Gasteiger partial charge in [0.1, 0.15) is 6.10 Å². The minimum atomic E-state index is -1.56. The van der Waals surface area contributed by atoms with Gasteiger partial charge in [-0.3, -0.25) is 9.59 Å². The summed E-state index contributed by atoms with van der Waals surface area (Å²) in [5.74, 6) is -0.789. The molecule has 0 unspecified atom stereocenters. The van der Waals surface area contributed by atoms with Crippen LogP contribution in [0.1, 0.15) is 24.2 Å². The SMILES string of the molecule is CC(=O)N[C@@]1([C@@H](O)c2ccc(Cl)cc2)C(=O)N(C)c2ccccc21. The number of para-hydroxylation sites is 1. The zero-order chi connectivity index (χ0) is 17.5. The normalized spacial score (nSPS) is 20.7. The Morgan fingerprint density at radius 2 is 1.83 bits per heavy atom. The average molecular weight is 345 g/mol. The number of carbonyl (C=O) groups excluding carboxylic acids is 2. The van der Waals surface area contributed by atoms with Crippen LogP contribution >= 0.6 is 11.6 Å². The Hall–Kier alpha value is -2.37. The van der Waals surface area contributed by atoms with Crippen LogP contribution < -0.4 is 10.2 Å². The third-order valence-electron chi connectivity index (χ3n) is 4.30. The zero-order valence-electron chi connectivity index (χ0n) is 13.3. The van der Waals surface area contributed by atoms with Gasteiger partial charge in [-0.1, -0.05) is 41.9 Å². The maximum atomic E-state index is 13.0. The molecule has 0 aliphatic carbocycles. The van der Waals surface area contributed by atoms with Crippen LogP contribution in [0.5, 0.6) is 0 Å². The van der Waals surface area contributed by atoms with Crippen LogP contribution in [0.25, 0.3) is 0 Å². The van der Waals surface area contributed by atoms with E-state index in [-0.39, 0.29) is 5.91 Å². The van der Waals surface area contributed by atoms with E-state index in [4.69, 9.17) is 11.6 Å². The molecule has 3 rings (SSSR count). The van der Waals surface area contributed by atoms with Gasteiger partial charge in [0.25, 0.3) is 5.91 Å². The molecule has 0 bridgehead atoms. The van der Waals surface area contributed by atoms with E-state index in [9.17, 15) is 14.7 Å². The van der Waals surface area contributed by atoms with Crippen molar-refractivity contribution in [3.63, 3.8) is 0 Å². The lowest BCUT2D eigenvalue weighted by Gasteiger charge is -2.34. The summed E-state index contributed by atoms with van der Waals surface area (Å²) < 4.78 is 0. The van der Waals surface area contributed by atoms with Crippen molar-refractivity contribution in [3.8, 4) is 0 Å². The van der Waals surface area contributed by atoms with Crippen molar-refractivity contribution in [1.82, 2.24) is 5.32 Å². The molecule has 0 saturated carbocycles. The van der Waals surface area contributed by atoms with Crippen molar-refractivity contribution < 1.29 is 14.7 Å². The Morgan fingerprint density at radius 3 is 2.46 bits per heavy atom. The second-order valence-electron chi connectivity index (χ2n) is 5.82. The van der Waals surface area contributed by atoms with Crippen LogP contribution in [-0.2, 0) is 15.1 Å². The van der Waals surface area contributed by atoms with Crippen molar-refractivity contribution >= 4 is 29.1 Å². The van der Waals surface area contributed by atoms with E-state index in [1.807, 2.05) is 0 Å². The maximum Gasteiger partial charge on any atom is 0.260 e. The van der Waals surface area contributed by atoms with Crippen LogP contribution in [0, 0.1) is 0 Å². The molecule has 5 nitrogen and oxygen atoms in total. The van der Waals surface area contributed by atoms with Gasteiger partial charge in [0.2, 0.25) is 5.91 Å². The van der Waals surface area contributed by atoms with Crippen LogP contribution in [0.15, 0.2) is 48.5 Å². The van der Waals surface area contributed by atoms with Gasteiger partial charge in [-0.15, -0.1) is 0 Å². The van der Waals surface area contributed by atoms with Gasteiger partial charge in [-0.25, -0.2) is 0 Å². The number of likely N-dealkylation sites (N-methyl/N-ethyl adjacent to an activating group) is 1. The fraction of sp³-hybridized carbons (Fsp3) is 0.222. The highest BCUT2D eigenvalue weighted by Gasteiger charge is 2.55. The van der Waals surface area contributed by atoms with Crippen molar-refractivity contribution in [1.29, 1.82) is 0 Å². The molecule has 2 aromatic carbocycles. The predicted molar refractivity (Wildman–Crippen MR) is 91.8 cm³/mol. The number of anilines is 1. The molecule has 124 valence electrons. The Kier molecular flexibility index (Phi) is 4.07. The van der Waals surface area contributed by atoms with Gasteiger partial charge in [-0.05, 0) is 23.8 Å². The molecular weight excluding hydrogens is 328 g/mol. The van der Waals surface area contributed by atoms with Crippen LogP contribution in [-0.4, -0.2) is 24.0 Å². The van der Waals surface area contributed by atoms with Gasteiger partial charge in [-0.2, -0.15) is 0 Å². The fourth-order valence-electron chi connectivity index (χ4n) is 3.21. The van der Waals surface area contributed by atoms with E-state index in [0.29, 0.717) is 21.8 Å². The first-order valence-corrected chi connectivity index (χ1v) is 7.85. The van der Waals surface area contributed by atoms with E-state index >= 15 is 0 Å². The fourth-order valence-corrected chi connectivity index (χ4v) is 3.34. The molecule has 2 atom stereocenters. The molecule has 24 heavy (non-hydrogen) atoms. The number of amides is 2. The van der Waals surface area contributed by atoms with Gasteiger partial charge >= 0.3 is 0 Å². The minimum absolute atomic E-state index is 0.388. The minimum Gasteiger partial charge on any atom is -0.385 e. The average Bonchev–Trinajstić information content (AvgIpc) is 2.78. The van der Waals surface area contributed by atoms with E-state index in [1.54, 1.807) is 55.6 Å². The first kappa shape index (κ1) is 16.5. The van der Waals surface area contributed by atoms with E-state index < -0.39 is 17.6 Å². The number of halogens is 1. The third kappa shape index (κ3) is 2.37. The number of benzene rings is 2. The highest BCUT2D eigenvalue weighted by Crippen LogP contribution is 2.46. The van der Waals surface area contributed by atoms with Crippen molar-refractivity contribution in [3.05, 3.63) is 64.7 Å². The molecular formula is C18H17ClN2O3. The monoisotopic (exact) mass is 344 g/mol. The summed E-state index contributed by atoms with van der Waals surface area (Å²) in [6, 6.07) is 13.7. The second kappa shape index (κ2) is 5.92. The lowest BCUT2D eigenvalue weighted by atomic mass is 9.82. The summed E-state index contributed by atoms with van der Waals surface area (Å²) in [5, 5.41) is 14.3. The molecule has 2 aromatic rings. The Morgan fingerprint density at radius 1 is 1.21 bits per heavy atom. The Labute approximate surface area is 144 Å². The number of aliphatic hydroxyl groups is 1. The number of hydrogen-bond donors (Lipinski definition) is 2. The highest BCUT2D eigenvalue weighted by molar-refractivity contribution is 6.30. The largest absolute Gasteiger partial charge is 0.385 e. The van der Waals surface area contributed by atoms with Gasteiger partial charge < -0.3 is 15.3 Å². The first-order chi connectivity index (χ1) is 11.4. The van der Waals surface area contributed by atoms with Crippen molar-refractivity contribution in [2.45, 2.75) is 18.6 Å². The van der Waals surface area contributed by atoms with Crippen LogP contribution in [0.3, 0.4) is 0 Å². The first-order valence-electron chi connectivity index (χ1n) is 7.48. The molecule has 0 saturated heterocycles. The number of rotatable bonds is 3. The molecule has 0 radical (unpaired) electrons. The van der Waals surface area contributed by atoms with Crippen LogP contribution in [0.4, 0.5) is 5.69 Å². The summed E-state index contributed by atoms with van der Waals surface area (Å²) in [6.07, 6.45) is -1.25. The summed E-state index contributed by atoms with van der Waals surface area (Å²) in [5.41, 5.74) is 0.149. The quantitative estimate of drug-likeness (QED) is 0.898.